The van der Waals surface area contributed by atoms with Crippen LogP contribution in [0.4, 0.5) is 0 Å². The summed E-state index contributed by atoms with van der Waals surface area (Å²) in [6.45, 7) is 1.30. The van der Waals surface area contributed by atoms with Gasteiger partial charge in [-0.2, -0.15) is 5.26 Å². The van der Waals surface area contributed by atoms with Crippen molar-refractivity contribution in [2.75, 3.05) is 20.3 Å². The van der Waals surface area contributed by atoms with Crippen LogP contribution in [-0.4, -0.2) is 20.3 Å². The lowest BCUT2D eigenvalue weighted by Gasteiger charge is -2.11. The van der Waals surface area contributed by atoms with Crippen LogP contribution in [0.25, 0.3) is 0 Å². The summed E-state index contributed by atoms with van der Waals surface area (Å²) in [7, 11) is 1.51. The molecule has 0 saturated carbocycles. The van der Waals surface area contributed by atoms with E-state index >= 15 is 0 Å². The maximum Gasteiger partial charge on any atom is 0.168 e. The lowest BCUT2D eigenvalue weighted by Crippen LogP contribution is -1.99. The van der Waals surface area contributed by atoms with Gasteiger partial charge in [0.25, 0.3) is 0 Å². The van der Waals surface area contributed by atoms with E-state index in [9.17, 15) is 0 Å². The van der Waals surface area contributed by atoms with E-state index in [0.29, 0.717) is 19.0 Å². The molecule has 4 nitrogen and oxygen atoms in total. The Hall–Kier alpha value is -1.73. The maximum atomic E-state index is 8.89. The zero-order chi connectivity index (χ0) is 11.4. The normalized spacial score (nSPS) is 16.0. The average Bonchev–Trinajstić information content (AvgIpc) is 2.55. The minimum Gasteiger partial charge on any atom is -0.490 e. The molecule has 0 aromatic heterocycles. The molecule has 0 bridgehead atoms. The minimum atomic E-state index is -0.558. The van der Waals surface area contributed by atoms with E-state index in [0.717, 1.165) is 17.7 Å². The van der Waals surface area contributed by atoms with Crippen molar-refractivity contribution in [1.82, 2.24) is 0 Å². The van der Waals surface area contributed by atoms with E-state index in [1.54, 1.807) is 6.07 Å². The van der Waals surface area contributed by atoms with Crippen molar-refractivity contribution < 1.29 is 14.2 Å². The Bertz CT molecular complexity index is 411. The van der Waals surface area contributed by atoms with Gasteiger partial charge in [0, 0.05) is 13.5 Å². The summed E-state index contributed by atoms with van der Waals surface area (Å²) < 4.78 is 16.1. The second-order valence-corrected chi connectivity index (χ2v) is 3.50. The lowest BCUT2D eigenvalue weighted by atomic mass is 10.1. The molecule has 2 rings (SSSR count). The summed E-state index contributed by atoms with van der Waals surface area (Å²) in [5, 5.41) is 8.89. The van der Waals surface area contributed by atoms with Crippen LogP contribution in [0.5, 0.6) is 11.5 Å². The van der Waals surface area contributed by atoms with Crippen LogP contribution in [0.15, 0.2) is 18.2 Å². The van der Waals surface area contributed by atoms with Crippen LogP contribution in [0.2, 0.25) is 0 Å². The summed E-state index contributed by atoms with van der Waals surface area (Å²) in [5.74, 6) is 1.42. The van der Waals surface area contributed by atoms with Gasteiger partial charge in [0.05, 0.1) is 19.3 Å². The molecule has 1 aliphatic rings. The van der Waals surface area contributed by atoms with E-state index in [2.05, 4.69) is 6.07 Å². The summed E-state index contributed by atoms with van der Waals surface area (Å²) in [4.78, 5) is 0. The summed E-state index contributed by atoms with van der Waals surface area (Å²) in [6.07, 6.45) is 0.313. The largest absolute Gasteiger partial charge is 0.490 e. The smallest absolute Gasteiger partial charge is 0.168 e. The van der Waals surface area contributed by atoms with E-state index in [1.165, 1.54) is 7.11 Å². The monoisotopic (exact) mass is 219 g/mol. The summed E-state index contributed by atoms with van der Waals surface area (Å²) in [5.41, 5.74) is 0.786. The van der Waals surface area contributed by atoms with Crippen LogP contribution >= 0.6 is 0 Å². The molecule has 0 aliphatic carbocycles. The summed E-state index contributed by atoms with van der Waals surface area (Å²) in [6, 6.07) is 7.52. The van der Waals surface area contributed by atoms with Gasteiger partial charge in [0.15, 0.2) is 17.6 Å². The predicted octanol–water partition coefficient (Wildman–Crippen LogP) is 2.06. The SMILES string of the molecule is COC(C#N)c1ccc2c(c1)OCCCO2. The topological polar surface area (TPSA) is 51.5 Å². The third-order valence-electron chi connectivity index (χ3n) is 2.43. The second kappa shape index (κ2) is 4.86. The van der Waals surface area contributed by atoms with Gasteiger partial charge in [-0.15, -0.1) is 0 Å². The number of benzene rings is 1. The van der Waals surface area contributed by atoms with Crippen molar-refractivity contribution in [3.8, 4) is 17.6 Å². The van der Waals surface area contributed by atoms with Crippen LogP contribution in [0.1, 0.15) is 18.1 Å². The molecule has 16 heavy (non-hydrogen) atoms. The van der Waals surface area contributed by atoms with E-state index in [-0.39, 0.29) is 0 Å². The molecule has 0 N–H and O–H groups in total. The quantitative estimate of drug-likeness (QED) is 0.764. The zero-order valence-electron chi connectivity index (χ0n) is 9.10. The molecule has 0 saturated heterocycles. The van der Waals surface area contributed by atoms with Crippen molar-refractivity contribution >= 4 is 0 Å². The lowest BCUT2D eigenvalue weighted by molar-refractivity contribution is 0.148. The number of rotatable bonds is 2. The van der Waals surface area contributed by atoms with Crippen LogP contribution in [0.3, 0.4) is 0 Å². The Balaban J connectivity index is 2.31. The molecule has 1 aromatic carbocycles. The fourth-order valence-electron chi connectivity index (χ4n) is 1.61. The molecule has 0 radical (unpaired) electrons. The predicted molar refractivity (Wildman–Crippen MR) is 57.4 cm³/mol. The first-order valence-electron chi connectivity index (χ1n) is 5.17. The minimum absolute atomic E-state index is 0.558. The Morgan fingerprint density at radius 2 is 2.06 bits per heavy atom. The molecular weight excluding hydrogens is 206 g/mol. The Labute approximate surface area is 94.3 Å². The highest BCUT2D eigenvalue weighted by Gasteiger charge is 2.15. The van der Waals surface area contributed by atoms with Crippen LogP contribution in [-0.2, 0) is 4.74 Å². The molecule has 1 aliphatic heterocycles. The third-order valence-corrected chi connectivity index (χ3v) is 2.43. The highest BCUT2D eigenvalue weighted by atomic mass is 16.5. The van der Waals surface area contributed by atoms with Gasteiger partial charge in [-0.25, -0.2) is 0 Å². The Morgan fingerprint density at radius 3 is 2.75 bits per heavy atom. The molecule has 0 fully saturated rings. The first-order chi connectivity index (χ1) is 7.85. The molecular formula is C12H13NO3. The van der Waals surface area contributed by atoms with Gasteiger partial charge in [-0.1, -0.05) is 6.07 Å². The Morgan fingerprint density at radius 1 is 1.31 bits per heavy atom. The maximum absolute atomic E-state index is 8.89. The van der Waals surface area contributed by atoms with Gasteiger partial charge in [-0.3, -0.25) is 0 Å². The van der Waals surface area contributed by atoms with Crippen molar-refractivity contribution in [3.05, 3.63) is 23.8 Å². The molecule has 0 amide bonds. The van der Waals surface area contributed by atoms with Crippen molar-refractivity contribution in [2.24, 2.45) is 0 Å². The number of hydrogen-bond acceptors (Lipinski definition) is 4. The molecule has 1 unspecified atom stereocenters. The van der Waals surface area contributed by atoms with Crippen molar-refractivity contribution in [2.45, 2.75) is 12.5 Å². The molecule has 4 heteroatoms. The van der Waals surface area contributed by atoms with E-state index < -0.39 is 6.10 Å². The Kier molecular flexibility index (Phi) is 3.28. The van der Waals surface area contributed by atoms with Crippen LogP contribution < -0.4 is 9.47 Å². The molecule has 84 valence electrons. The van der Waals surface area contributed by atoms with Crippen LogP contribution in [0, 0.1) is 11.3 Å². The van der Waals surface area contributed by atoms with E-state index in [4.69, 9.17) is 19.5 Å². The van der Waals surface area contributed by atoms with Gasteiger partial charge in [0.2, 0.25) is 0 Å². The zero-order valence-corrected chi connectivity index (χ0v) is 9.10. The highest BCUT2D eigenvalue weighted by molar-refractivity contribution is 5.44. The highest BCUT2D eigenvalue weighted by Crippen LogP contribution is 2.32. The van der Waals surface area contributed by atoms with Gasteiger partial charge in [-0.05, 0) is 17.7 Å². The fraction of sp³-hybridized carbons (Fsp3) is 0.417. The fourth-order valence-corrected chi connectivity index (χ4v) is 1.61. The summed E-state index contributed by atoms with van der Waals surface area (Å²) >= 11 is 0. The first-order valence-corrected chi connectivity index (χ1v) is 5.17. The van der Waals surface area contributed by atoms with Gasteiger partial charge >= 0.3 is 0 Å². The number of hydrogen-bond donors (Lipinski definition) is 0. The number of nitrogens with zero attached hydrogens (tertiary/aromatic N) is 1. The third kappa shape index (κ3) is 2.10. The molecule has 1 heterocycles. The molecule has 0 spiro atoms. The molecule has 1 atom stereocenters. The van der Waals surface area contributed by atoms with E-state index in [1.807, 2.05) is 12.1 Å². The second-order valence-electron chi connectivity index (χ2n) is 3.50. The van der Waals surface area contributed by atoms with Gasteiger partial charge < -0.3 is 14.2 Å². The van der Waals surface area contributed by atoms with Crippen molar-refractivity contribution in [1.29, 1.82) is 5.26 Å². The number of fused-ring (bicyclic) bond motifs is 1. The number of ether oxygens (including phenoxy) is 3. The molecule has 1 aromatic rings. The first kappa shape index (κ1) is 10.8. The standard InChI is InChI=1S/C12H13NO3/c1-14-12(8-13)9-3-4-10-11(7-9)16-6-2-5-15-10/h3-4,7,12H,2,5-6H2,1H3. The van der Waals surface area contributed by atoms with Gasteiger partial charge in [0.1, 0.15) is 0 Å². The number of nitriles is 1. The van der Waals surface area contributed by atoms with Crippen molar-refractivity contribution in [3.63, 3.8) is 0 Å². The average molecular weight is 219 g/mol. The number of methoxy groups -OCH3 is 1.